The van der Waals surface area contributed by atoms with Gasteiger partial charge in [-0.3, -0.25) is 0 Å². The average Bonchev–Trinajstić information content (AvgIpc) is 2.53. The van der Waals surface area contributed by atoms with Crippen molar-refractivity contribution in [3.05, 3.63) is 35.9 Å². The van der Waals surface area contributed by atoms with E-state index >= 15 is 0 Å². The molecule has 134 valence electrons. The molecule has 1 aliphatic heterocycles. The molecule has 1 fully saturated rings. The summed E-state index contributed by atoms with van der Waals surface area (Å²) in [4.78, 5) is 13.8. The van der Waals surface area contributed by atoms with Crippen molar-refractivity contribution in [3.8, 4) is 0 Å². The second-order valence-corrected chi connectivity index (χ2v) is 9.21. The van der Waals surface area contributed by atoms with Gasteiger partial charge in [-0.2, -0.15) is 4.31 Å². The third kappa shape index (κ3) is 5.49. The molecule has 1 N–H and O–H groups in total. The highest BCUT2D eigenvalue weighted by Crippen LogP contribution is 2.11. The number of benzene rings is 1. The molecule has 1 aromatic carbocycles. The Bertz CT molecular complexity index is 645. The molecule has 2 rings (SSSR count). The molecule has 1 aliphatic rings. The van der Waals surface area contributed by atoms with Crippen LogP contribution in [0.5, 0.6) is 0 Å². The fraction of sp³-hybridized carbons (Fsp3) is 0.588. The minimum atomic E-state index is -3.29. The summed E-state index contributed by atoms with van der Waals surface area (Å²) in [7, 11) is -3.29. The summed E-state index contributed by atoms with van der Waals surface area (Å²) in [6.45, 7) is 7.34. The van der Waals surface area contributed by atoms with Crippen molar-refractivity contribution in [2.75, 3.05) is 31.9 Å². The Hall–Kier alpha value is -1.60. The Morgan fingerprint density at radius 1 is 1.08 bits per heavy atom. The van der Waals surface area contributed by atoms with Crippen molar-refractivity contribution in [1.29, 1.82) is 0 Å². The van der Waals surface area contributed by atoms with Gasteiger partial charge in [-0.1, -0.05) is 30.3 Å². The number of piperazine rings is 1. The average molecular weight is 353 g/mol. The van der Waals surface area contributed by atoms with Gasteiger partial charge in [0.1, 0.15) is 0 Å². The highest BCUT2D eigenvalue weighted by Gasteiger charge is 2.29. The highest BCUT2D eigenvalue weighted by atomic mass is 32.2. The minimum absolute atomic E-state index is 0.102. The summed E-state index contributed by atoms with van der Waals surface area (Å²) in [5, 5.41) is 2.91. The van der Waals surface area contributed by atoms with E-state index in [1.54, 1.807) is 4.90 Å². The van der Waals surface area contributed by atoms with Crippen LogP contribution in [0.25, 0.3) is 0 Å². The highest BCUT2D eigenvalue weighted by molar-refractivity contribution is 7.89. The molecule has 0 aliphatic carbocycles. The van der Waals surface area contributed by atoms with Gasteiger partial charge in [0, 0.05) is 31.7 Å². The van der Waals surface area contributed by atoms with Crippen molar-refractivity contribution >= 4 is 16.1 Å². The maximum absolute atomic E-state index is 12.5. The van der Waals surface area contributed by atoms with Crippen molar-refractivity contribution < 1.29 is 13.2 Å². The Morgan fingerprint density at radius 2 is 1.67 bits per heavy atom. The molecule has 6 nitrogen and oxygen atoms in total. The molecule has 0 aromatic heterocycles. The van der Waals surface area contributed by atoms with Crippen LogP contribution >= 0.6 is 0 Å². The van der Waals surface area contributed by atoms with Crippen molar-refractivity contribution in [2.45, 2.75) is 32.7 Å². The predicted molar refractivity (Wildman–Crippen MR) is 95.4 cm³/mol. The molecule has 0 bridgehead atoms. The number of aryl methyl sites for hydroxylation is 1. The monoisotopic (exact) mass is 353 g/mol. The Labute approximate surface area is 144 Å². The first kappa shape index (κ1) is 18.7. The third-order valence-corrected chi connectivity index (χ3v) is 5.76. The van der Waals surface area contributed by atoms with Gasteiger partial charge < -0.3 is 10.2 Å². The van der Waals surface area contributed by atoms with Gasteiger partial charge in [0.05, 0.1) is 5.75 Å². The molecule has 0 unspecified atom stereocenters. The lowest BCUT2D eigenvalue weighted by Gasteiger charge is -2.35. The summed E-state index contributed by atoms with van der Waals surface area (Å²) in [6, 6.07) is 9.47. The number of carbonyl (C=O) groups excluding carboxylic acids is 1. The molecular weight excluding hydrogens is 326 g/mol. The molecule has 7 heteroatoms. The summed E-state index contributed by atoms with van der Waals surface area (Å²) >= 11 is 0. The van der Waals surface area contributed by atoms with Gasteiger partial charge in [0.25, 0.3) is 0 Å². The number of rotatable bonds is 4. The fourth-order valence-corrected chi connectivity index (χ4v) is 4.06. The predicted octanol–water partition coefficient (Wildman–Crippen LogP) is 1.68. The van der Waals surface area contributed by atoms with E-state index in [0.717, 1.165) is 5.56 Å². The first-order valence-electron chi connectivity index (χ1n) is 8.26. The molecular formula is C17H27N3O3S. The Kier molecular flexibility index (Phi) is 5.87. The number of urea groups is 1. The quantitative estimate of drug-likeness (QED) is 0.895. The van der Waals surface area contributed by atoms with Crippen LogP contribution in [-0.4, -0.2) is 61.1 Å². The lowest BCUT2D eigenvalue weighted by atomic mass is 10.1. The molecule has 1 saturated heterocycles. The first-order chi connectivity index (χ1) is 11.2. The SMILES string of the molecule is CC(C)(C)NC(=O)N1CCN(S(=O)(=O)CCc2ccccc2)CC1. The zero-order valence-corrected chi connectivity index (χ0v) is 15.5. The molecule has 0 spiro atoms. The van der Waals surface area contributed by atoms with E-state index in [4.69, 9.17) is 0 Å². The van der Waals surface area contributed by atoms with Crippen molar-refractivity contribution in [3.63, 3.8) is 0 Å². The van der Waals surface area contributed by atoms with Crippen LogP contribution in [0.4, 0.5) is 4.79 Å². The smallest absolute Gasteiger partial charge is 0.317 e. The molecule has 1 aromatic rings. The van der Waals surface area contributed by atoms with E-state index in [2.05, 4.69) is 5.32 Å². The number of hydrogen-bond acceptors (Lipinski definition) is 3. The summed E-state index contributed by atoms with van der Waals surface area (Å²) in [5.41, 5.74) is 0.722. The molecule has 24 heavy (non-hydrogen) atoms. The van der Waals surface area contributed by atoms with Crippen LogP contribution in [0, 0.1) is 0 Å². The maximum atomic E-state index is 12.5. The number of carbonyl (C=O) groups is 1. The van der Waals surface area contributed by atoms with E-state index in [-0.39, 0.29) is 17.3 Å². The van der Waals surface area contributed by atoms with Crippen LogP contribution in [0.15, 0.2) is 30.3 Å². The van der Waals surface area contributed by atoms with Gasteiger partial charge in [-0.15, -0.1) is 0 Å². The van der Waals surface area contributed by atoms with Crippen molar-refractivity contribution in [2.24, 2.45) is 0 Å². The van der Waals surface area contributed by atoms with Crippen LogP contribution < -0.4 is 5.32 Å². The van der Waals surface area contributed by atoms with E-state index in [9.17, 15) is 13.2 Å². The summed E-state index contributed by atoms with van der Waals surface area (Å²) in [5.74, 6) is 0.102. The van der Waals surface area contributed by atoms with E-state index in [1.807, 2.05) is 51.1 Å². The minimum Gasteiger partial charge on any atom is -0.333 e. The Morgan fingerprint density at radius 3 is 2.21 bits per heavy atom. The molecule has 2 amide bonds. The zero-order valence-electron chi connectivity index (χ0n) is 14.7. The number of amides is 2. The fourth-order valence-electron chi connectivity index (χ4n) is 2.59. The van der Waals surface area contributed by atoms with Gasteiger partial charge in [0.2, 0.25) is 10.0 Å². The summed E-state index contributed by atoms with van der Waals surface area (Å²) < 4.78 is 26.4. The van der Waals surface area contributed by atoms with Gasteiger partial charge in [0.15, 0.2) is 0 Å². The second kappa shape index (κ2) is 7.53. The van der Waals surface area contributed by atoms with Gasteiger partial charge in [-0.25, -0.2) is 13.2 Å². The largest absolute Gasteiger partial charge is 0.333 e. The number of nitrogens with zero attached hydrogens (tertiary/aromatic N) is 2. The normalized spacial score (nSPS) is 16.9. The second-order valence-electron chi connectivity index (χ2n) is 7.12. The lowest BCUT2D eigenvalue weighted by Crippen LogP contribution is -2.56. The van der Waals surface area contributed by atoms with Gasteiger partial charge in [-0.05, 0) is 32.8 Å². The third-order valence-electron chi connectivity index (χ3n) is 3.89. The van der Waals surface area contributed by atoms with E-state index in [1.165, 1.54) is 4.31 Å². The number of nitrogens with one attached hydrogen (secondary N) is 1. The first-order valence-corrected chi connectivity index (χ1v) is 9.87. The zero-order chi connectivity index (χ0) is 17.8. The number of sulfonamides is 1. The molecule has 0 atom stereocenters. The van der Waals surface area contributed by atoms with Gasteiger partial charge >= 0.3 is 6.03 Å². The van der Waals surface area contributed by atoms with E-state index < -0.39 is 10.0 Å². The van der Waals surface area contributed by atoms with Crippen molar-refractivity contribution in [1.82, 2.24) is 14.5 Å². The topological polar surface area (TPSA) is 69.7 Å². The molecule has 0 radical (unpaired) electrons. The number of hydrogen-bond donors (Lipinski definition) is 1. The molecule has 0 saturated carbocycles. The van der Waals surface area contributed by atoms with Crippen LogP contribution in [0.2, 0.25) is 0 Å². The van der Waals surface area contributed by atoms with Crippen LogP contribution in [-0.2, 0) is 16.4 Å². The summed E-state index contributed by atoms with van der Waals surface area (Å²) in [6.07, 6.45) is 0.508. The van der Waals surface area contributed by atoms with E-state index in [0.29, 0.717) is 32.6 Å². The van der Waals surface area contributed by atoms with Crippen LogP contribution in [0.1, 0.15) is 26.3 Å². The molecule has 1 heterocycles. The standard InChI is InChI=1S/C17H27N3O3S/c1-17(2,3)18-16(21)19-10-12-20(13-11-19)24(22,23)14-9-15-7-5-4-6-8-15/h4-8H,9-14H2,1-3H3,(H,18,21). The maximum Gasteiger partial charge on any atom is 0.317 e. The lowest BCUT2D eigenvalue weighted by molar-refractivity contribution is 0.165. The Balaban J connectivity index is 1.85. The van der Waals surface area contributed by atoms with Crippen LogP contribution in [0.3, 0.4) is 0 Å².